The van der Waals surface area contributed by atoms with Crippen molar-refractivity contribution in [2.75, 3.05) is 38.3 Å². The summed E-state index contributed by atoms with van der Waals surface area (Å²) in [5, 5.41) is 1.16. The SMILES string of the molecule is COc1ccc2c(c1)C1(CCN(Cc3ccc(Cl)c(Cl)c3)CC1)CN2C(=O)COc1ccccc1. The number of methoxy groups -OCH3 is 1. The number of nitrogens with zero attached hydrogens (tertiary/aromatic N) is 2. The molecular weight excluding hydrogens is 483 g/mol. The molecule has 0 aliphatic carbocycles. The van der Waals surface area contributed by atoms with Crippen LogP contribution in [0.4, 0.5) is 5.69 Å². The Morgan fingerprint density at radius 2 is 1.71 bits per heavy atom. The van der Waals surface area contributed by atoms with E-state index in [0.29, 0.717) is 22.3 Å². The molecule has 0 unspecified atom stereocenters. The van der Waals surface area contributed by atoms with Gasteiger partial charge in [0, 0.05) is 24.2 Å². The molecule has 1 saturated heterocycles. The molecule has 35 heavy (non-hydrogen) atoms. The quantitative estimate of drug-likeness (QED) is 0.410. The van der Waals surface area contributed by atoms with Crippen LogP contribution in [-0.4, -0.2) is 44.2 Å². The Labute approximate surface area is 216 Å². The molecule has 2 aliphatic rings. The summed E-state index contributed by atoms with van der Waals surface area (Å²) in [7, 11) is 1.68. The molecular formula is C28H28Cl2N2O3. The van der Waals surface area contributed by atoms with Gasteiger partial charge in [-0.15, -0.1) is 0 Å². The number of likely N-dealkylation sites (tertiary alicyclic amines) is 1. The Bertz CT molecular complexity index is 1210. The second-order valence-corrected chi connectivity index (χ2v) is 10.1. The van der Waals surface area contributed by atoms with Crippen molar-refractivity contribution in [3.8, 4) is 11.5 Å². The lowest BCUT2D eigenvalue weighted by Crippen LogP contribution is -2.46. The summed E-state index contributed by atoms with van der Waals surface area (Å²) in [5.41, 5.74) is 3.21. The van der Waals surface area contributed by atoms with E-state index in [1.54, 1.807) is 7.11 Å². The Morgan fingerprint density at radius 1 is 0.943 bits per heavy atom. The smallest absolute Gasteiger partial charge is 0.264 e. The van der Waals surface area contributed by atoms with Crippen LogP contribution in [0.3, 0.4) is 0 Å². The van der Waals surface area contributed by atoms with E-state index in [2.05, 4.69) is 11.0 Å². The fourth-order valence-electron chi connectivity index (χ4n) is 5.20. The van der Waals surface area contributed by atoms with Gasteiger partial charge in [0.1, 0.15) is 11.5 Å². The molecule has 0 aromatic heterocycles. The highest BCUT2D eigenvalue weighted by Gasteiger charge is 2.46. The number of carbonyl (C=O) groups is 1. The van der Waals surface area contributed by atoms with E-state index in [-0.39, 0.29) is 17.9 Å². The molecule has 5 nitrogen and oxygen atoms in total. The van der Waals surface area contributed by atoms with Gasteiger partial charge in [-0.3, -0.25) is 9.69 Å². The third kappa shape index (κ3) is 4.99. The third-order valence-corrected chi connectivity index (χ3v) is 7.88. The monoisotopic (exact) mass is 510 g/mol. The highest BCUT2D eigenvalue weighted by Crippen LogP contribution is 2.48. The van der Waals surface area contributed by atoms with Crippen molar-refractivity contribution in [1.29, 1.82) is 0 Å². The van der Waals surface area contributed by atoms with E-state index in [4.69, 9.17) is 32.7 Å². The predicted molar refractivity (Wildman–Crippen MR) is 140 cm³/mol. The molecule has 1 spiro atoms. The number of hydrogen-bond acceptors (Lipinski definition) is 4. The van der Waals surface area contributed by atoms with Gasteiger partial charge in [0.2, 0.25) is 0 Å². The zero-order valence-electron chi connectivity index (χ0n) is 19.7. The third-order valence-electron chi connectivity index (χ3n) is 7.14. The lowest BCUT2D eigenvalue weighted by molar-refractivity contribution is -0.120. The number of carbonyl (C=O) groups excluding carboxylic acids is 1. The predicted octanol–water partition coefficient (Wildman–Crippen LogP) is 5.96. The first-order valence-corrected chi connectivity index (χ1v) is 12.6. The molecule has 0 atom stereocenters. The molecule has 0 radical (unpaired) electrons. The van der Waals surface area contributed by atoms with Crippen LogP contribution in [0.2, 0.25) is 10.0 Å². The number of anilines is 1. The first-order chi connectivity index (χ1) is 17.0. The first kappa shape index (κ1) is 24.0. The number of rotatable bonds is 6. The second-order valence-electron chi connectivity index (χ2n) is 9.27. The molecule has 0 bridgehead atoms. The maximum atomic E-state index is 13.3. The summed E-state index contributed by atoms with van der Waals surface area (Å²) in [4.78, 5) is 17.6. The van der Waals surface area contributed by atoms with Gasteiger partial charge in [0.15, 0.2) is 6.61 Å². The van der Waals surface area contributed by atoms with Gasteiger partial charge in [0.25, 0.3) is 5.91 Å². The van der Waals surface area contributed by atoms with Crippen LogP contribution in [0.15, 0.2) is 66.7 Å². The van der Waals surface area contributed by atoms with E-state index in [0.717, 1.165) is 49.5 Å². The minimum absolute atomic E-state index is 0.00894. The first-order valence-electron chi connectivity index (χ1n) is 11.8. The van der Waals surface area contributed by atoms with Crippen LogP contribution in [0.25, 0.3) is 0 Å². The van der Waals surface area contributed by atoms with Gasteiger partial charge in [-0.2, -0.15) is 0 Å². The van der Waals surface area contributed by atoms with Gasteiger partial charge in [-0.05, 0) is 79.5 Å². The van der Waals surface area contributed by atoms with E-state index in [1.165, 1.54) is 5.56 Å². The second kappa shape index (κ2) is 10.1. The number of amides is 1. The normalized spacial score (nSPS) is 16.8. The molecule has 7 heteroatoms. The fraction of sp³-hybridized carbons (Fsp3) is 0.321. The number of halogens is 2. The standard InChI is InChI=1S/C28H28Cl2N2O3/c1-34-22-8-10-26-23(16-22)28(19-32(26)27(33)18-35-21-5-3-2-4-6-21)11-13-31(14-12-28)17-20-7-9-24(29)25(30)15-20/h2-10,15-16H,11-14,17-19H2,1H3. The Hall–Kier alpha value is -2.73. The van der Waals surface area contributed by atoms with Crippen LogP contribution < -0.4 is 14.4 Å². The topological polar surface area (TPSA) is 42.0 Å². The maximum Gasteiger partial charge on any atom is 0.264 e. The van der Waals surface area contributed by atoms with E-state index in [1.807, 2.05) is 65.6 Å². The van der Waals surface area contributed by atoms with Crippen LogP contribution in [0, 0.1) is 0 Å². The van der Waals surface area contributed by atoms with Crippen molar-refractivity contribution in [2.24, 2.45) is 0 Å². The number of ether oxygens (including phenoxy) is 2. The lowest BCUT2D eigenvalue weighted by Gasteiger charge is -2.40. The zero-order chi connectivity index (χ0) is 24.4. The van der Waals surface area contributed by atoms with Crippen molar-refractivity contribution in [2.45, 2.75) is 24.8 Å². The van der Waals surface area contributed by atoms with Gasteiger partial charge in [-0.25, -0.2) is 0 Å². The highest BCUT2D eigenvalue weighted by molar-refractivity contribution is 6.42. The number of benzene rings is 3. The van der Waals surface area contributed by atoms with Crippen LogP contribution in [-0.2, 0) is 16.8 Å². The molecule has 0 saturated carbocycles. The summed E-state index contributed by atoms with van der Waals surface area (Å²) in [5.74, 6) is 1.48. The number of fused-ring (bicyclic) bond motifs is 2. The molecule has 1 fully saturated rings. The van der Waals surface area contributed by atoms with Gasteiger partial charge < -0.3 is 14.4 Å². The molecule has 5 rings (SSSR count). The molecule has 0 N–H and O–H groups in total. The summed E-state index contributed by atoms with van der Waals surface area (Å²) in [6.45, 7) is 3.35. The summed E-state index contributed by atoms with van der Waals surface area (Å²) < 4.78 is 11.3. The summed E-state index contributed by atoms with van der Waals surface area (Å²) in [6.07, 6.45) is 1.91. The van der Waals surface area contributed by atoms with Crippen LogP contribution in [0.1, 0.15) is 24.0 Å². The lowest BCUT2D eigenvalue weighted by atomic mass is 9.74. The number of para-hydroxylation sites is 1. The van der Waals surface area contributed by atoms with Crippen molar-refractivity contribution >= 4 is 34.8 Å². The number of hydrogen-bond donors (Lipinski definition) is 0. The van der Waals surface area contributed by atoms with Crippen molar-refractivity contribution in [3.05, 3.63) is 87.9 Å². The molecule has 3 aromatic rings. The minimum atomic E-state index is -0.0968. The molecule has 3 aromatic carbocycles. The maximum absolute atomic E-state index is 13.3. The zero-order valence-corrected chi connectivity index (χ0v) is 21.2. The fourth-order valence-corrected chi connectivity index (χ4v) is 5.52. The van der Waals surface area contributed by atoms with E-state index >= 15 is 0 Å². The average Bonchev–Trinajstić information content (AvgIpc) is 3.20. The van der Waals surface area contributed by atoms with E-state index in [9.17, 15) is 4.79 Å². The van der Waals surface area contributed by atoms with Crippen molar-refractivity contribution in [3.63, 3.8) is 0 Å². The van der Waals surface area contributed by atoms with Gasteiger partial charge in [-0.1, -0.05) is 47.5 Å². The number of piperidine rings is 1. The van der Waals surface area contributed by atoms with Crippen LogP contribution in [0.5, 0.6) is 11.5 Å². The summed E-state index contributed by atoms with van der Waals surface area (Å²) in [6, 6.07) is 21.3. The van der Waals surface area contributed by atoms with Crippen LogP contribution >= 0.6 is 23.2 Å². The van der Waals surface area contributed by atoms with Crippen molar-refractivity contribution < 1.29 is 14.3 Å². The Kier molecular flexibility index (Phi) is 6.92. The average molecular weight is 511 g/mol. The molecule has 2 heterocycles. The van der Waals surface area contributed by atoms with E-state index < -0.39 is 0 Å². The molecule has 1 amide bonds. The van der Waals surface area contributed by atoms with Crippen molar-refractivity contribution in [1.82, 2.24) is 4.90 Å². The summed E-state index contributed by atoms with van der Waals surface area (Å²) >= 11 is 12.3. The Balaban J connectivity index is 1.32. The molecule has 2 aliphatic heterocycles. The highest BCUT2D eigenvalue weighted by atomic mass is 35.5. The van der Waals surface area contributed by atoms with Gasteiger partial charge >= 0.3 is 0 Å². The largest absolute Gasteiger partial charge is 0.497 e. The Morgan fingerprint density at radius 3 is 2.43 bits per heavy atom. The minimum Gasteiger partial charge on any atom is -0.497 e. The van der Waals surface area contributed by atoms with Gasteiger partial charge in [0.05, 0.1) is 17.2 Å². The molecule has 182 valence electrons.